The van der Waals surface area contributed by atoms with Gasteiger partial charge in [0.1, 0.15) is 50.4 Å². The van der Waals surface area contributed by atoms with Gasteiger partial charge in [-0.05, 0) is 103 Å². The highest BCUT2D eigenvalue weighted by Gasteiger charge is 2.35. The number of nitrogens with one attached hydrogen (secondary N) is 5. The molecule has 0 radical (unpaired) electrons. The van der Waals surface area contributed by atoms with Gasteiger partial charge in [-0.3, -0.25) is 37.8 Å². The second-order valence-corrected chi connectivity index (χ2v) is 23.2. The van der Waals surface area contributed by atoms with Crippen LogP contribution in [0.2, 0.25) is 0 Å². The Morgan fingerprint density at radius 3 is 1.29 bits per heavy atom. The molecule has 4 unspecified atom stereocenters. The largest absolute Gasteiger partial charge is 0.461 e. The van der Waals surface area contributed by atoms with Crippen LogP contribution in [0, 0.1) is 5.82 Å². The van der Waals surface area contributed by atoms with E-state index in [-0.39, 0.29) is 96.4 Å². The van der Waals surface area contributed by atoms with Crippen molar-refractivity contribution < 1.29 is 75.3 Å². The zero-order valence-electron chi connectivity index (χ0n) is 51.0. The van der Waals surface area contributed by atoms with E-state index in [1.807, 2.05) is 30.3 Å². The molecule has 20 nitrogen and oxygen atoms in total. The molecule has 0 saturated carbocycles. The summed E-state index contributed by atoms with van der Waals surface area (Å²) in [5.41, 5.74) is 3.81. The van der Waals surface area contributed by atoms with Crippen molar-refractivity contribution in [1.29, 1.82) is 0 Å². The van der Waals surface area contributed by atoms with E-state index in [2.05, 4.69) is 26.4 Å². The molecule has 0 aromatic heterocycles. The van der Waals surface area contributed by atoms with Crippen LogP contribution in [0.25, 0.3) is 0 Å². The first-order chi connectivity index (χ1) is 44.2. The summed E-state index contributed by atoms with van der Waals surface area (Å²) in [4.78, 5) is 106. The summed E-state index contributed by atoms with van der Waals surface area (Å²) in [6.45, 7) is -0.0913. The zero-order valence-corrected chi connectivity index (χ0v) is 51.9. The van der Waals surface area contributed by atoms with Crippen LogP contribution in [0.1, 0.15) is 128 Å². The molecule has 6 aromatic carbocycles. The predicted octanol–water partition coefficient (Wildman–Crippen LogP) is 10.4. The standard InChI is InChI=1S/C69H81FN5O15P/c70-58-38-36-57(37-39-58)66(80)72-45-21-6-18-34-62(76)71-44-20-7-19-35-63(77)74-60(68(82)87-49-54-27-12-3-13-28-54)40-42-64(78)73-59(67(81)86-48-53-25-10-2-11-26-53)33-22-46-89-91(84,90-51-56-31-16-5-17-32-56)75-61(69(83)88-50-55-29-14-4-15-30-55)41-43-65(79)85-47-52-23-8-1-9-24-52/h1-5,8-17,23-32,36-39,59-61H,6-7,18-22,33-35,40-51H2,(H,71,76)(H,72,80)(H,73,78)(H,74,77)(H,75,84). The highest BCUT2D eigenvalue weighted by molar-refractivity contribution is 7.51. The van der Waals surface area contributed by atoms with E-state index >= 15 is 0 Å². The molecule has 0 heterocycles. The number of carbonyl (C=O) groups excluding carboxylic acids is 8. The molecule has 484 valence electrons. The molecule has 0 saturated heterocycles. The Labute approximate surface area is 530 Å². The maximum Gasteiger partial charge on any atom is 0.406 e. The number of rotatable bonds is 42. The van der Waals surface area contributed by atoms with E-state index in [0.717, 1.165) is 12.0 Å². The highest BCUT2D eigenvalue weighted by Crippen LogP contribution is 2.46. The average molecular weight is 1270 g/mol. The minimum atomic E-state index is -4.49. The van der Waals surface area contributed by atoms with Gasteiger partial charge in [0.05, 0.1) is 13.2 Å². The first-order valence-corrected chi connectivity index (χ1v) is 32.2. The lowest BCUT2D eigenvalue weighted by molar-refractivity contribution is -0.150. The van der Waals surface area contributed by atoms with Gasteiger partial charge in [-0.2, -0.15) is 0 Å². The molecule has 5 N–H and O–H groups in total. The van der Waals surface area contributed by atoms with Crippen molar-refractivity contribution in [3.05, 3.63) is 215 Å². The second kappa shape index (κ2) is 40.7. The van der Waals surface area contributed by atoms with Gasteiger partial charge in [0.2, 0.25) is 17.7 Å². The monoisotopic (exact) mass is 1270 g/mol. The number of amides is 4. The minimum Gasteiger partial charge on any atom is -0.461 e. The van der Waals surface area contributed by atoms with Crippen molar-refractivity contribution >= 4 is 55.3 Å². The van der Waals surface area contributed by atoms with Crippen molar-refractivity contribution in [3.8, 4) is 0 Å². The van der Waals surface area contributed by atoms with Crippen LogP contribution in [0.15, 0.2) is 176 Å². The van der Waals surface area contributed by atoms with E-state index in [4.69, 9.17) is 28.0 Å². The number of carbonyl (C=O) groups is 8. The van der Waals surface area contributed by atoms with Gasteiger partial charge >= 0.3 is 31.6 Å². The molecule has 0 aliphatic rings. The number of halogens is 1. The quantitative estimate of drug-likeness (QED) is 0.0103. The number of hydrogen-bond acceptors (Lipinski definition) is 15. The molecular formula is C69H81FN5O15P. The Morgan fingerprint density at radius 2 is 0.791 bits per heavy atom. The smallest absolute Gasteiger partial charge is 0.406 e. The summed E-state index contributed by atoms with van der Waals surface area (Å²) in [6.07, 6.45) is 2.82. The molecule has 0 spiro atoms. The summed E-state index contributed by atoms with van der Waals surface area (Å²) in [5.74, 6) is -5.00. The van der Waals surface area contributed by atoms with Crippen LogP contribution < -0.4 is 26.4 Å². The topological polar surface area (TPSA) is 269 Å². The van der Waals surface area contributed by atoms with Gasteiger partial charge in [0, 0.05) is 44.3 Å². The number of benzene rings is 6. The number of unbranched alkanes of at least 4 members (excludes halogenated alkanes) is 4. The fourth-order valence-electron chi connectivity index (χ4n) is 9.01. The fraction of sp³-hybridized carbons (Fsp3) is 0.362. The average Bonchev–Trinajstić information content (AvgIpc) is 3.49. The highest BCUT2D eigenvalue weighted by atomic mass is 31.2. The lowest BCUT2D eigenvalue weighted by atomic mass is 10.1. The fourth-order valence-corrected chi connectivity index (χ4v) is 10.5. The van der Waals surface area contributed by atoms with Crippen LogP contribution in [0.3, 0.4) is 0 Å². The van der Waals surface area contributed by atoms with E-state index < -0.39 is 67.4 Å². The molecule has 4 atom stereocenters. The lowest BCUT2D eigenvalue weighted by Gasteiger charge is -2.25. The Kier molecular flexibility index (Phi) is 31.8. The molecule has 0 fully saturated rings. The zero-order chi connectivity index (χ0) is 64.7. The predicted molar refractivity (Wildman–Crippen MR) is 337 cm³/mol. The van der Waals surface area contributed by atoms with Gasteiger partial charge in [-0.1, -0.05) is 165 Å². The van der Waals surface area contributed by atoms with Crippen LogP contribution in [-0.2, 0) is 99.2 Å². The third-order valence-electron chi connectivity index (χ3n) is 14.1. The summed E-state index contributed by atoms with van der Waals surface area (Å²) >= 11 is 0. The first kappa shape index (κ1) is 71.2. The third kappa shape index (κ3) is 29.1. The van der Waals surface area contributed by atoms with E-state index in [0.29, 0.717) is 79.4 Å². The van der Waals surface area contributed by atoms with Crippen LogP contribution in [-0.4, -0.2) is 85.3 Å². The Morgan fingerprint density at radius 1 is 0.385 bits per heavy atom. The van der Waals surface area contributed by atoms with E-state index in [1.165, 1.54) is 24.3 Å². The Bertz CT molecular complexity index is 3230. The molecule has 6 aromatic rings. The van der Waals surface area contributed by atoms with Gasteiger partial charge in [-0.25, -0.2) is 23.6 Å². The van der Waals surface area contributed by atoms with Crippen molar-refractivity contribution in [2.75, 3.05) is 19.7 Å². The molecule has 4 amide bonds. The van der Waals surface area contributed by atoms with Crippen LogP contribution >= 0.6 is 7.75 Å². The Hall–Kier alpha value is -8.88. The summed E-state index contributed by atoms with van der Waals surface area (Å²) in [5, 5.41) is 13.8. The van der Waals surface area contributed by atoms with Gasteiger partial charge in [0.25, 0.3) is 5.91 Å². The first-order valence-electron chi connectivity index (χ1n) is 30.6. The summed E-state index contributed by atoms with van der Waals surface area (Å²) in [7, 11) is -4.49. The minimum absolute atomic E-state index is 0.00461. The SMILES string of the molecule is O=C(CCCCCNC(=O)c1ccc(F)cc1)NCCCCCC(=O)NC(CCC(=O)NC(CCCOP(=O)(NC(CCC(=O)OCc1ccccc1)C(=O)OCc1ccccc1)OCc1ccccc1)C(=O)OCc1ccccc1)C(=O)OCc1ccccc1. The lowest BCUT2D eigenvalue weighted by Crippen LogP contribution is -2.45. The maximum atomic E-state index is 14.8. The van der Waals surface area contributed by atoms with E-state index in [1.54, 1.807) is 121 Å². The van der Waals surface area contributed by atoms with Gasteiger partial charge in [-0.15, -0.1) is 0 Å². The summed E-state index contributed by atoms with van der Waals surface area (Å²) < 4.78 is 62.3. The maximum absolute atomic E-state index is 14.8. The number of hydrogen-bond donors (Lipinski definition) is 5. The van der Waals surface area contributed by atoms with Crippen LogP contribution in [0.4, 0.5) is 4.39 Å². The molecule has 6 rings (SSSR count). The second-order valence-electron chi connectivity index (χ2n) is 21.4. The number of ether oxygens (including phenoxy) is 4. The normalized spacial score (nSPS) is 12.6. The molecule has 0 aliphatic heterocycles. The molecule has 0 aliphatic carbocycles. The summed E-state index contributed by atoms with van der Waals surface area (Å²) in [6, 6.07) is 45.9. The van der Waals surface area contributed by atoms with Crippen molar-refractivity contribution in [2.45, 2.75) is 141 Å². The third-order valence-corrected chi connectivity index (χ3v) is 15.7. The van der Waals surface area contributed by atoms with Crippen molar-refractivity contribution in [1.82, 2.24) is 26.4 Å². The molecule has 0 bridgehead atoms. The molecular weight excluding hydrogens is 1190 g/mol. The van der Waals surface area contributed by atoms with Gasteiger partial charge in [0.15, 0.2) is 0 Å². The number of esters is 4. The van der Waals surface area contributed by atoms with Crippen LogP contribution in [0.5, 0.6) is 0 Å². The van der Waals surface area contributed by atoms with E-state index in [9.17, 15) is 47.3 Å². The molecule has 91 heavy (non-hydrogen) atoms. The van der Waals surface area contributed by atoms with Crippen molar-refractivity contribution in [3.63, 3.8) is 0 Å². The van der Waals surface area contributed by atoms with Crippen molar-refractivity contribution in [2.24, 2.45) is 0 Å². The molecule has 22 heteroatoms. The van der Waals surface area contributed by atoms with Gasteiger partial charge < -0.3 is 40.2 Å². The Balaban J connectivity index is 1.03.